The second-order valence-electron chi connectivity index (χ2n) is 2.51. The van der Waals surface area contributed by atoms with Gasteiger partial charge in [-0.1, -0.05) is 12.7 Å². The van der Waals surface area contributed by atoms with Gasteiger partial charge in [-0.3, -0.25) is 10.1 Å². The Kier molecular flexibility index (Phi) is 3.24. The van der Waals surface area contributed by atoms with E-state index in [9.17, 15) is 10.1 Å². The summed E-state index contributed by atoms with van der Waals surface area (Å²) in [5, 5.41) is 10.6. The first-order chi connectivity index (χ1) is 6.60. The van der Waals surface area contributed by atoms with Gasteiger partial charge in [-0.25, -0.2) is 0 Å². The number of benzene rings is 1. The second-order valence-corrected chi connectivity index (χ2v) is 3.36. The van der Waals surface area contributed by atoms with Gasteiger partial charge in [-0.15, -0.1) is 0 Å². The van der Waals surface area contributed by atoms with Crippen LogP contribution < -0.4 is 4.74 Å². The van der Waals surface area contributed by atoms with E-state index in [0.717, 1.165) is 0 Å². The third-order valence-electron chi connectivity index (χ3n) is 1.72. The fourth-order valence-electron chi connectivity index (χ4n) is 1.03. The van der Waals surface area contributed by atoms with Crippen molar-refractivity contribution in [2.75, 3.05) is 7.11 Å². The van der Waals surface area contributed by atoms with E-state index in [1.165, 1.54) is 13.2 Å². The van der Waals surface area contributed by atoms with Crippen molar-refractivity contribution in [2.45, 2.75) is 0 Å². The predicted molar refractivity (Wildman–Crippen MR) is 57.4 cm³/mol. The molecule has 0 amide bonds. The quantitative estimate of drug-likeness (QED) is 0.618. The highest BCUT2D eigenvalue weighted by Gasteiger charge is 2.15. The monoisotopic (exact) mass is 257 g/mol. The van der Waals surface area contributed by atoms with Gasteiger partial charge in [0, 0.05) is 5.56 Å². The van der Waals surface area contributed by atoms with Gasteiger partial charge in [0.15, 0.2) is 0 Å². The molecule has 1 aromatic rings. The molecule has 0 N–H and O–H groups in total. The van der Waals surface area contributed by atoms with Crippen molar-refractivity contribution in [3.05, 3.63) is 38.9 Å². The third kappa shape index (κ3) is 1.93. The molecule has 0 aliphatic rings. The smallest absolute Gasteiger partial charge is 0.287 e. The molecule has 0 heterocycles. The number of rotatable bonds is 3. The van der Waals surface area contributed by atoms with Crippen molar-refractivity contribution in [2.24, 2.45) is 0 Å². The standard InChI is InChI=1S/C9H8BrNO3/c1-3-6-4-7(10)8(11(12)13)5-9(6)14-2/h3-5H,1H2,2H3. The van der Waals surface area contributed by atoms with Gasteiger partial charge in [0.05, 0.1) is 22.6 Å². The summed E-state index contributed by atoms with van der Waals surface area (Å²) in [5.41, 5.74) is 0.692. The summed E-state index contributed by atoms with van der Waals surface area (Å²) < 4.78 is 5.40. The highest BCUT2D eigenvalue weighted by Crippen LogP contribution is 2.32. The molecule has 0 aromatic heterocycles. The molecule has 14 heavy (non-hydrogen) atoms. The van der Waals surface area contributed by atoms with Gasteiger partial charge in [0.25, 0.3) is 5.69 Å². The molecule has 74 valence electrons. The van der Waals surface area contributed by atoms with E-state index in [-0.39, 0.29) is 5.69 Å². The van der Waals surface area contributed by atoms with Gasteiger partial charge in [-0.2, -0.15) is 0 Å². The molecular formula is C9H8BrNO3. The minimum absolute atomic E-state index is 0.0209. The van der Waals surface area contributed by atoms with Gasteiger partial charge < -0.3 is 4.74 Å². The largest absolute Gasteiger partial charge is 0.496 e. The minimum Gasteiger partial charge on any atom is -0.496 e. The van der Waals surface area contributed by atoms with E-state index in [1.54, 1.807) is 12.1 Å². The molecule has 0 aliphatic carbocycles. The molecule has 0 saturated carbocycles. The Morgan fingerprint density at radius 1 is 1.64 bits per heavy atom. The van der Waals surface area contributed by atoms with Crippen LogP contribution in [0.1, 0.15) is 5.56 Å². The van der Waals surface area contributed by atoms with E-state index in [1.807, 2.05) is 0 Å². The maximum atomic E-state index is 10.6. The highest BCUT2D eigenvalue weighted by molar-refractivity contribution is 9.10. The Labute approximate surface area is 89.5 Å². The minimum atomic E-state index is -0.473. The lowest BCUT2D eigenvalue weighted by Crippen LogP contribution is -1.93. The van der Waals surface area contributed by atoms with Gasteiger partial charge in [0.1, 0.15) is 5.75 Å². The number of methoxy groups -OCH3 is 1. The SMILES string of the molecule is C=Cc1cc(Br)c([N+](=O)[O-])cc1OC. The number of nitrogens with zero attached hydrogens (tertiary/aromatic N) is 1. The van der Waals surface area contributed by atoms with Gasteiger partial charge in [0.2, 0.25) is 0 Å². The van der Waals surface area contributed by atoms with Crippen LogP contribution in [0, 0.1) is 10.1 Å². The molecule has 0 spiro atoms. The number of nitro groups is 1. The lowest BCUT2D eigenvalue weighted by atomic mass is 10.2. The van der Waals surface area contributed by atoms with Crippen LogP contribution in [0.4, 0.5) is 5.69 Å². The van der Waals surface area contributed by atoms with Crippen LogP contribution >= 0.6 is 15.9 Å². The summed E-state index contributed by atoms with van der Waals surface area (Å²) in [6, 6.07) is 2.96. The Morgan fingerprint density at radius 3 is 2.71 bits per heavy atom. The number of hydrogen-bond acceptors (Lipinski definition) is 3. The van der Waals surface area contributed by atoms with E-state index >= 15 is 0 Å². The van der Waals surface area contributed by atoms with Crippen molar-refractivity contribution < 1.29 is 9.66 Å². The second kappa shape index (κ2) is 4.23. The van der Waals surface area contributed by atoms with Crippen molar-refractivity contribution in [3.63, 3.8) is 0 Å². The van der Waals surface area contributed by atoms with Crippen molar-refractivity contribution in [1.29, 1.82) is 0 Å². The molecule has 1 rings (SSSR count). The van der Waals surface area contributed by atoms with Gasteiger partial charge >= 0.3 is 0 Å². The van der Waals surface area contributed by atoms with Crippen LogP contribution in [-0.2, 0) is 0 Å². The zero-order valence-corrected chi connectivity index (χ0v) is 9.08. The first kappa shape index (κ1) is 10.7. The molecule has 0 aliphatic heterocycles. The summed E-state index contributed by atoms with van der Waals surface area (Å²) >= 11 is 3.11. The molecule has 0 atom stereocenters. The molecule has 0 unspecified atom stereocenters. The van der Waals surface area contributed by atoms with E-state index in [4.69, 9.17) is 4.74 Å². The molecule has 0 fully saturated rings. The molecule has 4 nitrogen and oxygen atoms in total. The highest BCUT2D eigenvalue weighted by atomic mass is 79.9. The fourth-order valence-corrected chi connectivity index (χ4v) is 1.54. The molecule has 0 saturated heterocycles. The lowest BCUT2D eigenvalue weighted by Gasteiger charge is -2.05. The Bertz CT molecular complexity index is 390. The number of ether oxygens (including phenoxy) is 1. The fraction of sp³-hybridized carbons (Fsp3) is 0.111. The molecule has 5 heteroatoms. The summed E-state index contributed by atoms with van der Waals surface area (Å²) in [7, 11) is 1.46. The lowest BCUT2D eigenvalue weighted by molar-refractivity contribution is -0.385. The number of hydrogen-bond donors (Lipinski definition) is 0. The van der Waals surface area contributed by atoms with Crippen LogP contribution in [0.15, 0.2) is 23.2 Å². The van der Waals surface area contributed by atoms with Crippen molar-refractivity contribution >= 4 is 27.7 Å². The average molecular weight is 258 g/mol. The first-order valence-corrected chi connectivity index (χ1v) is 4.53. The Morgan fingerprint density at radius 2 is 2.29 bits per heavy atom. The van der Waals surface area contributed by atoms with Crippen LogP contribution in [0.3, 0.4) is 0 Å². The number of nitro benzene ring substituents is 1. The molecule has 1 aromatic carbocycles. The maximum absolute atomic E-state index is 10.6. The maximum Gasteiger partial charge on any atom is 0.287 e. The Balaban J connectivity index is 3.37. The molecule has 0 bridgehead atoms. The van der Waals surface area contributed by atoms with Gasteiger partial charge in [-0.05, 0) is 22.0 Å². The molecule has 0 radical (unpaired) electrons. The third-order valence-corrected chi connectivity index (χ3v) is 2.35. The first-order valence-electron chi connectivity index (χ1n) is 3.74. The molecular weight excluding hydrogens is 250 g/mol. The zero-order chi connectivity index (χ0) is 10.7. The van der Waals surface area contributed by atoms with E-state index < -0.39 is 4.92 Å². The summed E-state index contributed by atoms with van der Waals surface area (Å²) in [6.45, 7) is 3.58. The summed E-state index contributed by atoms with van der Waals surface area (Å²) in [4.78, 5) is 10.1. The van der Waals surface area contributed by atoms with Crippen molar-refractivity contribution in [3.8, 4) is 5.75 Å². The van der Waals surface area contributed by atoms with Crippen LogP contribution in [0.2, 0.25) is 0 Å². The van der Waals surface area contributed by atoms with Crippen molar-refractivity contribution in [1.82, 2.24) is 0 Å². The predicted octanol–water partition coefficient (Wildman–Crippen LogP) is 3.01. The van der Waals surface area contributed by atoms with Crippen LogP contribution in [0.25, 0.3) is 6.08 Å². The summed E-state index contributed by atoms with van der Waals surface area (Å²) in [6.07, 6.45) is 1.58. The number of halogens is 1. The van der Waals surface area contributed by atoms with Crippen LogP contribution in [-0.4, -0.2) is 12.0 Å². The normalized spacial score (nSPS) is 9.57. The zero-order valence-electron chi connectivity index (χ0n) is 7.49. The average Bonchev–Trinajstić information content (AvgIpc) is 2.16. The van der Waals surface area contributed by atoms with E-state index in [2.05, 4.69) is 22.5 Å². The Hall–Kier alpha value is -1.36. The van der Waals surface area contributed by atoms with Crippen LogP contribution in [0.5, 0.6) is 5.75 Å². The summed E-state index contributed by atoms with van der Waals surface area (Å²) in [5.74, 6) is 0.440. The van der Waals surface area contributed by atoms with E-state index in [0.29, 0.717) is 15.8 Å². The topological polar surface area (TPSA) is 52.4 Å².